The monoisotopic (exact) mass is 222 g/mol. The molecule has 0 aliphatic carbocycles. The number of carbonyl (C=O) groups excluding carboxylic acids is 2. The van der Waals surface area contributed by atoms with Crippen molar-refractivity contribution in [2.45, 2.75) is 6.42 Å². The second-order valence-electron chi connectivity index (χ2n) is 3.78. The van der Waals surface area contributed by atoms with E-state index < -0.39 is 0 Å². The lowest BCUT2D eigenvalue weighted by Crippen LogP contribution is -2.48. The first-order valence-corrected chi connectivity index (χ1v) is 5.29. The van der Waals surface area contributed by atoms with Gasteiger partial charge in [-0.05, 0) is 12.1 Å². The van der Waals surface area contributed by atoms with Crippen molar-refractivity contribution < 1.29 is 14.0 Å². The lowest BCUT2D eigenvalue weighted by atomic mass is 10.2. The van der Waals surface area contributed by atoms with Gasteiger partial charge in [-0.1, -0.05) is 0 Å². The quantitative estimate of drug-likeness (QED) is 0.683. The van der Waals surface area contributed by atoms with Crippen LogP contribution in [0.4, 0.5) is 0 Å². The van der Waals surface area contributed by atoms with Crippen molar-refractivity contribution in [2.24, 2.45) is 0 Å². The van der Waals surface area contributed by atoms with Gasteiger partial charge in [-0.2, -0.15) is 0 Å². The Hall–Kier alpha value is -1.78. The molecular formula is C11H14N2O3. The van der Waals surface area contributed by atoms with Crippen molar-refractivity contribution in [1.82, 2.24) is 9.80 Å². The van der Waals surface area contributed by atoms with Crippen LogP contribution >= 0.6 is 0 Å². The van der Waals surface area contributed by atoms with Gasteiger partial charge >= 0.3 is 0 Å². The fraction of sp³-hybridized carbons (Fsp3) is 0.455. The Morgan fingerprint density at radius 2 is 2.12 bits per heavy atom. The maximum atomic E-state index is 11.8. The van der Waals surface area contributed by atoms with Crippen LogP contribution in [-0.4, -0.2) is 48.3 Å². The molecule has 2 amide bonds. The molecule has 0 bridgehead atoms. The Kier molecular flexibility index (Phi) is 3.24. The number of piperazine rings is 1. The Morgan fingerprint density at radius 3 is 2.69 bits per heavy atom. The van der Waals surface area contributed by atoms with Crippen molar-refractivity contribution in [1.29, 1.82) is 0 Å². The molecule has 0 unspecified atom stereocenters. The fourth-order valence-corrected chi connectivity index (χ4v) is 1.75. The van der Waals surface area contributed by atoms with Gasteiger partial charge in [0.2, 0.25) is 12.3 Å². The molecule has 1 fully saturated rings. The standard InChI is InChI=1S/C11H14N2O3/c14-9-12-3-5-13(6-4-12)11(15)8-10-2-1-7-16-10/h1-2,7,9H,3-6,8H2. The van der Waals surface area contributed by atoms with E-state index in [9.17, 15) is 9.59 Å². The van der Waals surface area contributed by atoms with E-state index in [0.717, 1.165) is 6.41 Å². The summed E-state index contributed by atoms with van der Waals surface area (Å²) in [6, 6.07) is 3.56. The highest BCUT2D eigenvalue weighted by molar-refractivity contribution is 5.78. The number of hydrogen-bond acceptors (Lipinski definition) is 3. The molecule has 0 aromatic carbocycles. The second-order valence-corrected chi connectivity index (χ2v) is 3.78. The van der Waals surface area contributed by atoms with E-state index in [1.165, 1.54) is 0 Å². The normalized spacial score (nSPS) is 16.2. The minimum atomic E-state index is 0.0560. The molecule has 16 heavy (non-hydrogen) atoms. The lowest BCUT2D eigenvalue weighted by Gasteiger charge is -2.32. The van der Waals surface area contributed by atoms with E-state index in [4.69, 9.17) is 4.42 Å². The Balaban J connectivity index is 1.84. The van der Waals surface area contributed by atoms with E-state index in [1.54, 1.807) is 28.2 Å². The second kappa shape index (κ2) is 4.83. The highest BCUT2D eigenvalue weighted by Crippen LogP contribution is 2.06. The van der Waals surface area contributed by atoms with Crippen molar-refractivity contribution >= 4 is 12.3 Å². The Labute approximate surface area is 93.6 Å². The SMILES string of the molecule is O=CN1CCN(C(=O)Cc2ccco2)CC1. The van der Waals surface area contributed by atoms with E-state index in [0.29, 0.717) is 38.4 Å². The molecule has 5 heteroatoms. The first-order chi connectivity index (χ1) is 7.79. The van der Waals surface area contributed by atoms with Crippen LogP contribution < -0.4 is 0 Å². The minimum absolute atomic E-state index is 0.0560. The molecule has 0 N–H and O–H groups in total. The summed E-state index contributed by atoms with van der Waals surface area (Å²) in [7, 11) is 0. The third kappa shape index (κ3) is 2.42. The zero-order chi connectivity index (χ0) is 11.4. The summed E-state index contributed by atoms with van der Waals surface area (Å²) in [5.74, 6) is 0.739. The fourth-order valence-electron chi connectivity index (χ4n) is 1.75. The molecule has 5 nitrogen and oxygen atoms in total. The van der Waals surface area contributed by atoms with Gasteiger partial charge < -0.3 is 14.2 Å². The lowest BCUT2D eigenvalue weighted by molar-refractivity contribution is -0.134. The van der Waals surface area contributed by atoms with E-state index in [1.807, 2.05) is 0 Å². The topological polar surface area (TPSA) is 53.8 Å². The average molecular weight is 222 g/mol. The maximum absolute atomic E-state index is 11.8. The molecule has 0 spiro atoms. The van der Waals surface area contributed by atoms with Crippen molar-refractivity contribution in [3.63, 3.8) is 0 Å². The zero-order valence-corrected chi connectivity index (χ0v) is 8.96. The summed E-state index contributed by atoms with van der Waals surface area (Å²) in [4.78, 5) is 25.8. The van der Waals surface area contributed by atoms with Crippen LogP contribution in [0.2, 0.25) is 0 Å². The van der Waals surface area contributed by atoms with Crippen LogP contribution in [0, 0.1) is 0 Å². The summed E-state index contributed by atoms with van der Waals surface area (Å²) in [5, 5.41) is 0. The largest absolute Gasteiger partial charge is 0.469 e. The summed E-state index contributed by atoms with van der Waals surface area (Å²) in [6.45, 7) is 2.46. The molecule has 1 aromatic heterocycles. The number of furan rings is 1. The molecule has 2 rings (SSSR count). The van der Waals surface area contributed by atoms with E-state index in [-0.39, 0.29) is 5.91 Å². The van der Waals surface area contributed by atoms with Crippen LogP contribution in [0.5, 0.6) is 0 Å². The number of rotatable bonds is 3. The summed E-state index contributed by atoms with van der Waals surface area (Å²) >= 11 is 0. The van der Waals surface area contributed by atoms with Crippen LogP contribution in [-0.2, 0) is 16.0 Å². The first-order valence-electron chi connectivity index (χ1n) is 5.29. The first kappa shape index (κ1) is 10.7. The van der Waals surface area contributed by atoms with Crippen LogP contribution in [0.3, 0.4) is 0 Å². The average Bonchev–Trinajstić information content (AvgIpc) is 2.82. The number of nitrogens with zero attached hydrogens (tertiary/aromatic N) is 2. The molecule has 0 radical (unpaired) electrons. The molecule has 1 saturated heterocycles. The Bertz CT molecular complexity index is 353. The van der Waals surface area contributed by atoms with Crippen LogP contribution in [0.25, 0.3) is 0 Å². The van der Waals surface area contributed by atoms with Gasteiger partial charge in [0.25, 0.3) is 0 Å². The highest BCUT2D eigenvalue weighted by atomic mass is 16.3. The van der Waals surface area contributed by atoms with Crippen LogP contribution in [0.1, 0.15) is 5.76 Å². The summed E-state index contributed by atoms with van der Waals surface area (Å²) in [6.07, 6.45) is 2.69. The van der Waals surface area contributed by atoms with Gasteiger partial charge in [-0.3, -0.25) is 9.59 Å². The highest BCUT2D eigenvalue weighted by Gasteiger charge is 2.20. The van der Waals surface area contributed by atoms with Crippen molar-refractivity contribution in [3.8, 4) is 0 Å². The number of carbonyl (C=O) groups is 2. The van der Waals surface area contributed by atoms with E-state index in [2.05, 4.69) is 0 Å². The zero-order valence-electron chi connectivity index (χ0n) is 8.96. The predicted octanol–water partition coefficient (Wildman–Crippen LogP) is 0.123. The third-order valence-corrected chi connectivity index (χ3v) is 2.72. The van der Waals surface area contributed by atoms with Crippen molar-refractivity contribution in [3.05, 3.63) is 24.2 Å². The molecule has 1 aliphatic rings. The molecular weight excluding hydrogens is 208 g/mol. The summed E-state index contributed by atoms with van der Waals surface area (Å²) in [5.41, 5.74) is 0. The van der Waals surface area contributed by atoms with Gasteiger partial charge in [-0.15, -0.1) is 0 Å². The van der Waals surface area contributed by atoms with Gasteiger partial charge in [-0.25, -0.2) is 0 Å². The predicted molar refractivity (Wildman–Crippen MR) is 56.6 cm³/mol. The third-order valence-electron chi connectivity index (χ3n) is 2.72. The number of amides is 2. The molecule has 1 aromatic rings. The van der Waals surface area contributed by atoms with Crippen molar-refractivity contribution in [2.75, 3.05) is 26.2 Å². The molecule has 2 heterocycles. The van der Waals surface area contributed by atoms with Crippen LogP contribution in [0.15, 0.2) is 22.8 Å². The van der Waals surface area contributed by atoms with Gasteiger partial charge in [0.15, 0.2) is 0 Å². The molecule has 86 valence electrons. The molecule has 0 saturated carbocycles. The van der Waals surface area contributed by atoms with Gasteiger partial charge in [0, 0.05) is 26.2 Å². The maximum Gasteiger partial charge on any atom is 0.230 e. The van der Waals surface area contributed by atoms with Gasteiger partial charge in [0.05, 0.1) is 12.7 Å². The molecule has 0 atom stereocenters. The number of hydrogen-bond donors (Lipinski definition) is 0. The smallest absolute Gasteiger partial charge is 0.230 e. The Morgan fingerprint density at radius 1 is 1.38 bits per heavy atom. The summed E-state index contributed by atoms with van der Waals surface area (Å²) < 4.78 is 5.12. The minimum Gasteiger partial charge on any atom is -0.469 e. The molecule has 1 aliphatic heterocycles. The van der Waals surface area contributed by atoms with E-state index >= 15 is 0 Å². The van der Waals surface area contributed by atoms with Gasteiger partial charge in [0.1, 0.15) is 5.76 Å².